The Bertz CT molecular complexity index is 1080. The molecule has 1 fully saturated rings. The van der Waals surface area contributed by atoms with Gasteiger partial charge in [-0.2, -0.15) is 0 Å². The highest BCUT2D eigenvalue weighted by molar-refractivity contribution is 6.09. The van der Waals surface area contributed by atoms with Crippen molar-refractivity contribution in [1.29, 1.82) is 0 Å². The van der Waals surface area contributed by atoms with Crippen LogP contribution in [0.1, 0.15) is 70.5 Å². The van der Waals surface area contributed by atoms with Crippen molar-refractivity contribution in [3.8, 4) is 0 Å². The summed E-state index contributed by atoms with van der Waals surface area (Å²) in [7, 11) is 0. The van der Waals surface area contributed by atoms with Gasteiger partial charge in [-0.1, -0.05) is 32.1 Å². The van der Waals surface area contributed by atoms with Crippen LogP contribution in [-0.2, 0) is 0 Å². The molecule has 1 amide bonds. The number of halogens is 1. The van der Waals surface area contributed by atoms with Crippen molar-refractivity contribution in [1.82, 2.24) is 14.7 Å². The van der Waals surface area contributed by atoms with Crippen LogP contribution < -0.4 is 5.32 Å². The van der Waals surface area contributed by atoms with Crippen molar-refractivity contribution >= 4 is 17.3 Å². The van der Waals surface area contributed by atoms with Gasteiger partial charge < -0.3 is 5.32 Å². The minimum Gasteiger partial charge on any atom is -0.352 e. The predicted octanol–water partition coefficient (Wildman–Crippen LogP) is 4.71. The fourth-order valence-corrected chi connectivity index (χ4v) is 4.29. The Labute approximate surface area is 175 Å². The average Bonchev–Trinajstić information content (AvgIpc) is 3.17. The van der Waals surface area contributed by atoms with Crippen LogP contribution in [0.5, 0.6) is 0 Å². The highest BCUT2D eigenvalue weighted by Crippen LogP contribution is 2.25. The van der Waals surface area contributed by atoms with Gasteiger partial charge in [-0.15, -0.1) is 0 Å². The van der Waals surface area contributed by atoms with Crippen molar-refractivity contribution in [3.05, 3.63) is 70.9 Å². The zero-order valence-electron chi connectivity index (χ0n) is 17.2. The first kappa shape index (κ1) is 20.3. The number of ketones is 1. The zero-order valence-corrected chi connectivity index (χ0v) is 17.2. The number of nitrogens with zero attached hydrogens (tertiary/aromatic N) is 2. The van der Waals surface area contributed by atoms with Gasteiger partial charge in [0.15, 0.2) is 0 Å². The smallest absolute Gasteiger partial charge is 0.251 e. The van der Waals surface area contributed by atoms with Gasteiger partial charge in [0.05, 0.1) is 6.20 Å². The molecule has 1 aliphatic carbocycles. The summed E-state index contributed by atoms with van der Waals surface area (Å²) in [6.07, 6.45) is 10.2. The minimum atomic E-state index is -0.438. The van der Waals surface area contributed by atoms with Crippen LogP contribution in [0.3, 0.4) is 0 Å². The number of pyridine rings is 1. The number of hydrogen-bond donors (Lipinski definition) is 1. The molecule has 5 nitrogen and oxygen atoms in total. The summed E-state index contributed by atoms with van der Waals surface area (Å²) in [5.74, 6) is -0.0951. The number of carbonyl (C=O) groups excluding carboxylic acids is 2. The maximum Gasteiger partial charge on any atom is 0.251 e. The Balaban J connectivity index is 1.45. The van der Waals surface area contributed by atoms with Gasteiger partial charge in [0.1, 0.15) is 17.2 Å². The summed E-state index contributed by atoms with van der Waals surface area (Å²) in [4.78, 5) is 29.7. The molecule has 30 heavy (non-hydrogen) atoms. The predicted molar refractivity (Wildman–Crippen MR) is 113 cm³/mol. The molecule has 2 heterocycles. The largest absolute Gasteiger partial charge is 0.352 e. The van der Waals surface area contributed by atoms with E-state index in [0.717, 1.165) is 12.3 Å². The van der Waals surface area contributed by atoms with Gasteiger partial charge in [0, 0.05) is 23.9 Å². The molecular formula is C24H26FN3O2. The Morgan fingerprint density at radius 3 is 2.73 bits per heavy atom. The number of carbonyl (C=O) groups is 2. The van der Waals surface area contributed by atoms with Crippen molar-refractivity contribution in [2.24, 2.45) is 5.92 Å². The third-order valence-corrected chi connectivity index (χ3v) is 6.00. The Morgan fingerprint density at radius 1 is 1.17 bits per heavy atom. The van der Waals surface area contributed by atoms with E-state index < -0.39 is 5.82 Å². The second-order valence-electron chi connectivity index (χ2n) is 8.13. The van der Waals surface area contributed by atoms with Gasteiger partial charge in [-0.25, -0.2) is 9.37 Å². The molecule has 1 aromatic carbocycles. The van der Waals surface area contributed by atoms with E-state index in [9.17, 15) is 14.0 Å². The van der Waals surface area contributed by atoms with Crippen LogP contribution in [0, 0.1) is 18.7 Å². The number of rotatable bonds is 6. The molecular weight excluding hydrogens is 381 g/mol. The third kappa shape index (κ3) is 4.27. The molecule has 1 aliphatic rings. The van der Waals surface area contributed by atoms with Crippen LogP contribution in [0.2, 0.25) is 0 Å². The fourth-order valence-electron chi connectivity index (χ4n) is 4.29. The first-order valence-corrected chi connectivity index (χ1v) is 10.6. The maximum atomic E-state index is 13.6. The summed E-state index contributed by atoms with van der Waals surface area (Å²) in [6, 6.07) is 7.89. The SMILES string of the molecule is Cc1cc(C(=O)NCCC2CCCCC2)ccc1C(=O)c1cnc2ccc(F)cn12. The van der Waals surface area contributed by atoms with E-state index in [0.29, 0.717) is 28.9 Å². The van der Waals surface area contributed by atoms with E-state index in [-0.39, 0.29) is 17.4 Å². The summed E-state index contributed by atoms with van der Waals surface area (Å²) < 4.78 is 15.0. The van der Waals surface area contributed by atoms with E-state index in [1.54, 1.807) is 25.1 Å². The van der Waals surface area contributed by atoms with Gasteiger partial charge in [0.25, 0.3) is 5.91 Å². The Morgan fingerprint density at radius 2 is 1.97 bits per heavy atom. The standard InChI is InChI=1S/C24H26FN3O2/c1-16-13-18(24(30)26-12-11-17-5-3-2-4-6-17)7-9-20(16)23(29)21-14-27-22-10-8-19(25)15-28(21)22/h7-10,13-15,17H,2-6,11-12H2,1H3,(H,26,30). The molecule has 0 saturated heterocycles. The van der Waals surface area contributed by atoms with Crippen LogP contribution >= 0.6 is 0 Å². The summed E-state index contributed by atoms with van der Waals surface area (Å²) in [6.45, 7) is 2.48. The lowest BCUT2D eigenvalue weighted by Gasteiger charge is -2.21. The molecule has 3 aromatic rings. The van der Waals surface area contributed by atoms with Gasteiger partial charge in [-0.3, -0.25) is 14.0 Å². The van der Waals surface area contributed by atoms with Gasteiger partial charge in [0.2, 0.25) is 5.78 Å². The molecule has 4 rings (SSSR count). The lowest BCUT2D eigenvalue weighted by Crippen LogP contribution is -2.26. The lowest BCUT2D eigenvalue weighted by molar-refractivity contribution is 0.0948. The van der Waals surface area contributed by atoms with Crippen LogP contribution in [0.4, 0.5) is 4.39 Å². The number of aromatic nitrogens is 2. The van der Waals surface area contributed by atoms with E-state index in [1.807, 2.05) is 0 Å². The highest BCUT2D eigenvalue weighted by atomic mass is 19.1. The first-order chi connectivity index (χ1) is 14.5. The van der Waals surface area contributed by atoms with E-state index in [1.165, 1.54) is 61.0 Å². The zero-order chi connectivity index (χ0) is 21.1. The summed E-state index contributed by atoms with van der Waals surface area (Å²) in [5.41, 5.74) is 2.51. The summed E-state index contributed by atoms with van der Waals surface area (Å²) >= 11 is 0. The normalized spacial score (nSPS) is 14.7. The topological polar surface area (TPSA) is 63.5 Å². The molecule has 156 valence electrons. The fraction of sp³-hybridized carbons (Fsp3) is 0.375. The number of nitrogens with one attached hydrogen (secondary N) is 1. The molecule has 0 radical (unpaired) electrons. The second-order valence-corrected chi connectivity index (χ2v) is 8.13. The lowest BCUT2D eigenvalue weighted by atomic mass is 9.87. The molecule has 0 aliphatic heterocycles. The van der Waals surface area contributed by atoms with E-state index in [2.05, 4.69) is 10.3 Å². The maximum absolute atomic E-state index is 13.6. The number of amides is 1. The van der Waals surface area contributed by atoms with Crippen molar-refractivity contribution in [3.63, 3.8) is 0 Å². The summed E-state index contributed by atoms with van der Waals surface area (Å²) in [5, 5.41) is 3.00. The first-order valence-electron chi connectivity index (χ1n) is 10.6. The monoisotopic (exact) mass is 407 g/mol. The number of fused-ring (bicyclic) bond motifs is 1. The number of benzene rings is 1. The molecule has 6 heteroatoms. The van der Waals surface area contributed by atoms with Crippen LogP contribution in [0.25, 0.3) is 5.65 Å². The quantitative estimate of drug-likeness (QED) is 0.602. The molecule has 0 unspecified atom stereocenters. The average molecular weight is 407 g/mol. The number of imidazole rings is 1. The van der Waals surface area contributed by atoms with Gasteiger partial charge >= 0.3 is 0 Å². The molecule has 0 spiro atoms. The van der Waals surface area contributed by atoms with Crippen LogP contribution in [0.15, 0.2) is 42.7 Å². The van der Waals surface area contributed by atoms with Crippen molar-refractivity contribution < 1.29 is 14.0 Å². The van der Waals surface area contributed by atoms with E-state index in [4.69, 9.17) is 0 Å². The Hall–Kier alpha value is -3.02. The highest BCUT2D eigenvalue weighted by Gasteiger charge is 2.18. The van der Waals surface area contributed by atoms with E-state index >= 15 is 0 Å². The molecule has 0 atom stereocenters. The third-order valence-electron chi connectivity index (χ3n) is 6.00. The second kappa shape index (κ2) is 8.78. The number of hydrogen-bond acceptors (Lipinski definition) is 3. The molecule has 1 saturated carbocycles. The minimum absolute atomic E-state index is 0.121. The Kier molecular flexibility index (Phi) is 5.93. The van der Waals surface area contributed by atoms with Crippen LogP contribution in [-0.4, -0.2) is 27.6 Å². The molecule has 2 aromatic heterocycles. The van der Waals surface area contributed by atoms with Gasteiger partial charge in [-0.05, 0) is 55.2 Å². The molecule has 0 bridgehead atoms. The van der Waals surface area contributed by atoms with Crippen molar-refractivity contribution in [2.45, 2.75) is 45.4 Å². The number of aryl methyl sites for hydroxylation is 1. The van der Waals surface area contributed by atoms with Crippen molar-refractivity contribution in [2.75, 3.05) is 6.54 Å². The molecule has 1 N–H and O–H groups in total.